The highest BCUT2D eigenvalue weighted by Gasteiger charge is 2.35. The van der Waals surface area contributed by atoms with Crippen molar-refractivity contribution in [3.05, 3.63) is 16.1 Å². The van der Waals surface area contributed by atoms with Crippen LogP contribution in [-0.4, -0.2) is 10.9 Å². The molecule has 1 saturated carbocycles. The van der Waals surface area contributed by atoms with Gasteiger partial charge in [-0.1, -0.05) is 20.3 Å². The van der Waals surface area contributed by atoms with Crippen LogP contribution in [0.5, 0.6) is 0 Å². The summed E-state index contributed by atoms with van der Waals surface area (Å²) in [6.07, 6.45) is 4.44. The van der Waals surface area contributed by atoms with Crippen molar-refractivity contribution < 1.29 is 4.79 Å². The summed E-state index contributed by atoms with van der Waals surface area (Å²) in [7, 11) is 0. The fraction of sp³-hybridized carbons (Fsp3) is 0.714. The summed E-state index contributed by atoms with van der Waals surface area (Å²) >= 11 is 1.67. The van der Waals surface area contributed by atoms with Crippen molar-refractivity contribution in [1.29, 1.82) is 0 Å². The van der Waals surface area contributed by atoms with E-state index in [4.69, 9.17) is 0 Å². The molecule has 1 fully saturated rings. The third-order valence-electron chi connectivity index (χ3n) is 3.46. The second kappa shape index (κ2) is 5.83. The molecule has 0 bridgehead atoms. The van der Waals surface area contributed by atoms with Gasteiger partial charge in [0.2, 0.25) is 5.91 Å². The minimum Gasteiger partial charge on any atom is -0.346 e. The van der Waals surface area contributed by atoms with Gasteiger partial charge in [-0.2, -0.15) is 0 Å². The summed E-state index contributed by atoms with van der Waals surface area (Å²) < 4.78 is 0. The maximum absolute atomic E-state index is 12.1. The monoisotopic (exact) mass is 266 g/mol. The van der Waals surface area contributed by atoms with Gasteiger partial charge in [0.25, 0.3) is 0 Å². The predicted octanol–water partition coefficient (Wildman–Crippen LogP) is 3.46. The molecule has 1 aliphatic carbocycles. The zero-order valence-electron chi connectivity index (χ0n) is 11.4. The summed E-state index contributed by atoms with van der Waals surface area (Å²) in [6.45, 7) is 6.13. The average molecular weight is 266 g/mol. The highest BCUT2D eigenvalue weighted by atomic mass is 32.1. The van der Waals surface area contributed by atoms with Gasteiger partial charge in [-0.25, -0.2) is 4.98 Å². The summed E-state index contributed by atoms with van der Waals surface area (Å²) in [5, 5.41) is 6.34. The van der Waals surface area contributed by atoms with Gasteiger partial charge in [0.1, 0.15) is 5.01 Å². The van der Waals surface area contributed by atoms with Crippen molar-refractivity contribution in [2.24, 2.45) is 11.8 Å². The molecule has 0 aliphatic heterocycles. The molecule has 18 heavy (non-hydrogen) atoms. The summed E-state index contributed by atoms with van der Waals surface area (Å²) in [6, 6.07) is 0.149. The average Bonchev–Trinajstić information content (AvgIpc) is 3.08. The van der Waals surface area contributed by atoms with Crippen molar-refractivity contribution >= 4 is 17.2 Å². The number of thiazole rings is 1. The van der Waals surface area contributed by atoms with Crippen LogP contribution in [0.4, 0.5) is 0 Å². The van der Waals surface area contributed by atoms with Crippen LogP contribution in [0.3, 0.4) is 0 Å². The first kappa shape index (κ1) is 13.5. The van der Waals surface area contributed by atoms with Crippen LogP contribution in [0.2, 0.25) is 0 Å². The molecule has 0 radical (unpaired) electrons. The van der Waals surface area contributed by atoms with Gasteiger partial charge in [0, 0.05) is 17.0 Å². The van der Waals surface area contributed by atoms with Crippen LogP contribution in [0, 0.1) is 18.8 Å². The number of hydrogen-bond donors (Lipinski definition) is 1. The largest absolute Gasteiger partial charge is 0.346 e. The molecular weight excluding hydrogens is 244 g/mol. The van der Waals surface area contributed by atoms with Gasteiger partial charge >= 0.3 is 0 Å². The third-order valence-corrected chi connectivity index (χ3v) is 4.51. The Morgan fingerprint density at radius 3 is 2.83 bits per heavy atom. The Morgan fingerprint density at radius 1 is 1.61 bits per heavy atom. The lowest BCUT2D eigenvalue weighted by atomic mass is 10.0. The summed E-state index contributed by atoms with van der Waals surface area (Å²) in [5.41, 5.74) is 1.05. The lowest BCUT2D eigenvalue weighted by Gasteiger charge is -2.18. The van der Waals surface area contributed by atoms with Crippen LogP contribution in [0.15, 0.2) is 5.38 Å². The van der Waals surface area contributed by atoms with E-state index in [1.165, 1.54) is 12.8 Å². The Labute approximate surface area is 113 Å². The molecule has 2 atom stereocenters. The van der Waals surface area contributed by atoms with E-state index in [9.17, 15) is 4.79 Å². The van der Waals surface area contributed by atoms with E-state index in [0.717, 1.165) is 23.5 Å². The van der Waals surface area contributed by atoms with Crippen molar-refractivity contribution in [2.75, 3.05) is 0 Å². The SMILES string of the molecule is CCC[C@H](C)C(=O)N[C@H](c1nc(C)cs1)C1CC1. The normalized spacial score (nSPS) is 18.4. The molecule has 0 saturated heterocycles. The number of carbonyl (C=O) groups is 1. The molecule has 1 aliphatic rings. The number of amides is 1. The van der Waals surface area contributed by atoms with Gasteiger partial charge < -0.3 is 5.32 Å². The van der Waals surface area contributed by atoms with E-state index in [1.54, 1.807) is 11.3 Å². The van der Waals surface area contributed by atoms with Crippen LogP contribution in [-0.2, 0) is 4.79 Å². The number of nitrogens with zero attached hydrogens (tertiary/aromatic N) is 1. The first-order valence-corrected chi connectivity index (χ1v) is 7.72. The first-order valence-electron chi connectivity index (χ1n) is 6.84. The highest BCUT2D eigenvalue weighted by Crippen LogP contribution is 2.42. The van der Waals surface area contributed by atoms with Crippen molar-refractivity contribution in [3.8, 4) is 0 Å². The molecule has 0 aromatic carbocycles. The van der Waals surface area contributed by atoms with Crippen molar-refractivity contribution in [3.63, 3.8) is 0 Å². The summed E-state index contributed by atoms with van der Waals surface area (Å²) in [5.74, 6) is 0.896. The maximum Gasteiger partial charge on any atom is 0.223 e. The molecule has 0 spiro atoms. The molecule has 0 unspecified atom stereocenters. The fourth-order valence-electron chi connectivity index (χ4n) is 2.19. The van der Waals surface area contributed by atoms with Crippen LogP contribution >= 0.6 is 11.3 Å². The zero-order valence-corrected chi connectivity index (χ0v) is 12.2. The van der Waals surface area contributed by atoms with E-state index in [2.05, 4.69) is 22.6 Å². The lowest BCUT2D eigenvalue weighted by molar-refractivity contribution is -0.125. The fourth-order valence-corrected chi connectivity index (χ4v) is 3.12. The number of aryl methyl sites for hydroxylation is 1. The Bertz CT molecular complexity index is 412. The topological polar surface area (TPSA) is 42.0 Å². The Morgan fingerprint density at radius 2 is 2.33 bits per heavy atom. The molecular formula is C14H22N2OS. The van der Waals surface area contributed by atoms with Crippen molar-refractivity contribution in [1.82, 2.24) is 10.3 Å². The number of hydrogen-bond acceptors (Lipinski definition) is 3. The minimum atomic E-state index is 0.109. The Balaban J connectivity index is 2.01. The first-order chi connectivity index (χ1) is 8.61. The van der Waals surface area contributed by atoms with E-state index < -0.39 is 0 Å². The van der Waals surface area contributed by atoms with Crippen molar-refractivity contribution in [2.45, 2.75) is 52.5 Å². The van der Waals surface area contributed by atoms with Gasteiger partial charge in [-0.15, -0.1) is 11.3 Å². The van der Waals surface area contributed by atoms with E-state index in [0.29, 0.717) is 5.92 Å². The Kier molecular flexibility index (Phi) is 4.38. The second-order valence-electron chi connectivity index (χ2n) is 5.34. The standard InChI is InChI=1S/C14H22N2OS/c1-4-5-9(2)13(17)16-12(11-6-7-11)14-15-10(3)8-18-14/h8-9,11-12H,4-7H2,1-3H3,(H,16,17)/t9-,12-/m0/s1. The third kappa shape index (κ3) is 3.31. The van der Waals surface area contributed by atoms with Gasteiger partial charge in [-0.05, 0) is 32.1 Å². The van der Waals surface area contributed by atoms with Crippen LogP contribution in [0.1, 0.15) is 56.3 Å². The number of aromatic nitrogens is 1. The smallest absolute Gasteiger partial charge is 0.223 e. The minimum absolute atomic E-state index is 0.109. The van der Waals surface area contributed by atoms with Crippen LogP contribution in [0.25, 0.3) is 0 Å². The molecule has 4 heteroatoms. The lowest BCUT2D eigenvalue weighted by Crippen LogP contribution is -2.34. The summed E-state index contributed by atoms with van der Waals surface area (Å²) in [4.78, 5) is 16.7. The van der Waals surface area contributed by atoms with E-state index in [1.807, 2.05) is 13.8 Å². The van der Waals surface area contributed by atoms with Gasteiger partial charge in [-0.3, -0.25) is 4.79 Å². The molecule has 1 aromatic heterocycles. The molecule has 2 rings (SSSR count). The van der Waals surface area contributed by atoms with E-state index >= 15 is 0 Å². The quantitative estimate of drug-likeness (QED) is 0.857. The molecule has 1 aromatic rings. The number of rotatable bonds is 6. The predicted molar refractivity (Wildman–Crippen MR) is 74.5 cm³/mol. The van der Waals surface area contributed by atoms with Gasteiger partial charge in [0.15, 0.2) is 0 Å². The molecule has 3 nitrogen and oxygen atoms in total. The molecule has 1 N–H and O–H groups in total. The molecule has 1 amide bonds. The second-order valence-corrected chi connectivity index (χ2v) is 6.23. The highest BCUT2D eigenvalue weighted by molar-refractivity contribution is 7.09. The Hall–Kier alpha value is -0.900. The van der Waals surface area contributed by atoms with Crippen LogP contribution < -0.4 is 5.32 Å². The van der Waals surface area contributed by atoms with E-state index in [-0.39, 0.29) is 17.9 Å². The number of nitrogens with one attached hydrogen (secondary N) is 1. The molecule has 100 valence electrons. The zero-order chi connectivity index (χ0) is 13.1. The maximum atomic E-state index is 12.1. The van der Waals surface area contributed by atoms with Gasteiger partial charge in [0.05, 0.1) is 6.04 Å². The molecule has 1 heterocycles. The number of carbonyl (C=O) groups excluding carboxylic acids is 1.